The van der Waals surface area contributed by atoms with Crippen molar-refractivity contribution < 1.29 is 28.7 Å². The Morgan fingerprint density at radius 2 is 1.39 bits per heavy atom. The van der Waals surface area contributed by atoms with Crippen LogP contribution in [0, 0.1) is 5.92 Å². The quantitative estimate of drug-likeness (QED) is 0.116. The Morgan fingerprint density at radius 3 is 2.08 bits per heavy atom. The lowest BCUT2D eigenvalue weighted by Gasteiger charge is -2.30. The fraction of sp³-hybridized carbons (Fsp3) is 0.378. The van der Waals surface area contributed by atoms with Crippen molar-refractivity contribution in [3.05, 3.63) is 107 Å². The summed E-state index contributed by atoms with van der Waals surface area (Å²) in [4.78, 5) is 72.4. The molecule has 4 atom stereocenters. The lowest BCUT2D eigenvalue weighted by Crippen LogP contribution is -2.51. The molecule has 4 amide bonds. The standard InChI is InChI=1S/C45H50N8O6/c1-26(2)37(50-44(56)58-3)42(54)53-23-9-13-36(53)41-47-33-21-19-31-24-30(18-20-32(31)39(33)49-41)27-14-16-28(17-15-27)34-25-46-40(48-34)35-12-8-22-52(35)43(55)38(51-45(57)59-4)29-10-6-5-7-11-29/h5-7,10-11,14-18,20,24-26,35-38H,8-9,12-13,19,21-23H2,1-4H3,(H,46,48)(H,47,49)(H,50,56)(H,51,57)/t35?,36-,37-,38+/m0/s1. The van der Waals surface area contributed by atoms with Crippen LogP contribution in [0.2, 0.25) is 0 Å². The van der Waals surface area contributed by atoms with E-state index < -0.39 is 24.3 Å². The van der Waals surface area contributed by atoms with Crippen LogP contribution >= 0.6 is 0 Å². The van der Waals surface area contributed by atoms with E-state index in [1.807, 2.05) is 55.3 Å². The zero-order chi connectivity index (χ0) is 41.2. The molecule has 3 aromatic carbocycles. The highest BCUT2D eigenvalue weighted by Gasteiger charge is 2.39. The van der Waals surface area contributed by atoms with Crippen LogP contribution in [-0.2, 0) is 31.9 Å². The fourth-order valence-corrected chi connectivity index (χ4v) is 8.74. The predicted molar refractivity (Wildman–Crippen MR) is 221 cm³/mol. The maximum Gasteiger partial charge on any atom is 0.407 e. The van der Waals surface area contributed by atoms with Gasteiger partial charge in [0.2, 0.25) is 5.91 Å². The van der Waals surface area contributed by atoms with Crippen LogP contribution in [0.4, 0.5) is 9.59 Å². The van der Waals surface area contributed by atoms with Crippen molar-refractivity contribution in [2.75, 3.05) is 27.3 Å². The summed E-state index contributed by atoms with van der Waals surface area (Å²) < 4.78 is 9.63. The maximum absolute atomic E-state index is 13.9. The number of aromatic amines is 2. The number of rotatable bonds is 10. The molecule has 2 fully saturated rings. The van der Waals surface area contributed by atoms with E-state index in [2.05, 4.69) is 63.1 Å². The molecule has 59 heavy (non-hydrogen) atoms. The summed E-state index contributed by atoms with van der Waals surface area (Å²) in [7, 11) is 2.58. The van der Waals surface area contributed by atoms with Gasteiger partial charge in [-0.15, -0.1) is 0 Å². The molecule has 1 aliphatic carbocycles. The summed E-state index contributed by atoms with van der Waals surface area (Å²) in [5, 5.41) is 5.44. The number of aromatic nitrogens is 4. The summed E-state index contributed by atoms with van der Waals surface area (Å²) in [5.41, 5.74) is 9.04. The molecule has 0 spiro atoms. The van der Waals surface area contributed by atoms with E-state index >= 15 is 0 Å². The van der Waals surface area contributed by atoms with Crippen molar-refractivity contribution in [1.82, 2.24) is 40.4 Å². The first-order valence-corrected chi connectivity index (χ1v) is 20.4. The van der Waals surface area contributed by atoms with Crippen LogP contribution < -0.4 is 10.6 Å². The minimum atomic E-state index is -0.879. The highest BCUT2D eigenvalue weighted by Crippen LogP contribution is 2.39. The number of fused-ring (bicyclic) bond motifs is 3. The Hall–Kier alpha value is -6.44. The first kappa shape index (κ1) is 39.4. The van der Waals surface area contributed by atoms with E-state index in [4.69, 9.17) is 19.4 Å². The average Bonchev–Trinajstić information content (AvgIpc) is 4.10. The van der Waals surface area contributed by atoms with Crippen LogP contribution in [-0.4, -0.2) is 87.1 Å². The molecular weight excluding hydrogens is 749 g/mol. The SMILES string of the molecule is COC(=O)N[C@H](C(=O)N1CCC[C@H]1c1nc2c([nH]1)CCc1cc(-c3ccc(-c4cnc(C5CCCN5C(=O)[C@H](NC(=O)OC)c5ccccc5)[nH]4)cc3)ccc1-2)C(C)C. The van der Waals surface area contributed by atoms with Crippen LogP contribution in [0.25, 0.3) is 33.6 Å². The molecule has 5 aromatic rings. The Bertz CT molecular complexity index is 2340. The number of hydrogen-bond acceptors (Lipinski definition) is 8. The van der Waals surface area contributed by atoms with E-state index in [1.165, 1.54) is 19.8 Å². The third-order valence-corrected chi connectivity index (χ3v) is 11.8. The van der Waals surface area contributed by atoms with Crippen molar-refractivity contribution in [1.29, 1.82) is 0 Å². The van der Waals surface area contributed by atoms with Gasteiger partial charge in [-0.05, 0) is 72.3 Å². The normalized spacial score (nSPS) is 18.2. The number of benzene rings is 3. The topological polar surface area (TPSA) is 175 Å². The molecule has 3 aliphatic rings. The van der Waals surface area contributed by atoms with Crippen LogP contribution in [0.3, 0.4) is 0 Å². The van der Waals surface area contributed by atoms with E-state index in [0.717, 1.165) is 83.7 Å². The predicted octanol–water partition coefficient (Wildman–Crippen LogP) is 7.04. The maximum atomic E-state index is 13.9. The number of likely N-dealkylation sites (tertiary alicyclic amines) is 2. The van der Waals surface area contributed by atoms with Crippen LogP contribution in [0.5, 0.6) is 0 Å². The van der Waals surface area contributed by atoms with Gasteiger partial charge in [0, 0.05) is 24.3 Å². The van der Waals surface area contributed by atoms with E-state index in [9.17, 15) is 19.2 Å². The monoisotopic (exact) mass is 798 g/mol. The molecule has 4 heterocycles. The second-order valence-electron chi connectivity index (χ2n) is 15.8. The summed E-state index contributed by atoms with van der Waals surface area (Å²) in [5.74, 6) is 1.06. The van der Waals surface area contributed by atoms with Gasteiger partial charge in [-0.3, -0.25) is 9.59 Å². The van der Waals surface area contributed by atoms with Crippen molar-refractivity contribution in [3.8, 4) is 33.6 Å². The van der Waals surface area contributed by atoms with Gasteiger partial charge >= 0.3 is 12.2 Å². The fourth-order valence-electron chi connectivity index (χ4n) is 8.74. The summed E-state index contributed by atoms with van der Waals surface area (Å²) in [6.45, 7) is 4.99. The number of alkyl carbamates (subject to hydrolysis) is 2. The first-order chi connectivity index (χ1) is 28.6. The molecular formula is C45H50N8O6. The van der Waals surface area contributed by atoms with Crippen LogP contribution in [0.15, 0.2) is 79.0 Å². The number of nitrogens with one attached hydrogen (secondary N) is 4. The molecule has 4 N–H and O–H groups in total. The second-order valence-corrected chi connectivity index (χ2v) is 15.8. The molecule has 0 bridgehead atoms. The number of methoxy groups -OCH3 is 2. The third-order valence-electron chi connectivity index (χ3n) is 11.8. The summed E-state index contributed by atoms with van der Waals surface area (Å²) in [6.07, 6.45) is 5.44. The second kappa shape index (κ2) is 16.8. The number of hydrogen-bond donors (Lipinski definition) is 4. The van der Waals surface area contributed by atoms with Gasteiger partial charge in [-0.2, -0.15) is 0 Å². The zero-order valence-corrected chi connectivity index (χ0v) is 33.8. The Morgan fingerprint density at radius 1 is 0.746 bits per heavy atom. The van der Waals surface area contributed by atoms with E-state index in [0.29, 0.717) is 24.5 Å². The third kappa shape index (κ3) is 7.91. The number of aryl methyl sites for hydroxylation is 2. The van der Waals surface area contributed by atoms with Crippen molar-refractivity contribution >= 4 is 24.0 Å². The van der Waals surface area contributed by atoms with E-state index in [-0.39, 0.29) is 29.8 Å². The molecule has 2 aromatic heterocycles. The lowest BCUT2D eigenvalue weighted by atomic mass is 9.89. The van der Waals surface area contributed by atoms with E-state index in [1.54, 1.807) is 4.90 Å². The van der Waals surface area contributed by atoms with Gasteiger partial charge in [0.25, 0.3) is 5.91 Å². The number of nitrogens with zero attached hydrogens (tertiary/aromatic N) is 4. The van der Waals surface area contributed by atoms with Gasteiger partial charge in [-0.1, -0.05) is 86.6 Å². The van der Waals surface area contributed by atoms with Gasteiger partial charge in [0.1, 0.15) is 23.7 Å². The molecule has 14 heteroatoms. The molecule has 14 nitrogen and oxygen atoms in total. The number of H-pyrrole nitrogens is 2. The number of carbonyl (C=O) groups excluding carboxylic acids is 4. The number of imidazole rings is 2. The minimum Gasteiger partial charge on any atom is -0.453 e. The van der Waals surface area contributed by atoms with Crippen molar-refractivity contribution in [3.63, 3.8) is 0 Å². The van der Waals surface area contributed by atoms with Gasteiger partial charge < -0.3 is 39.9 Å². The molecule has 306 valence electrons. The Kier molecular flexibility index (Phi) is 11.2. The Balaban J connectivity index is 0.962. The molecule has 8 rings (SSSR count). The first-order valence-electron chi connectivity index (χ1n) is 20.4. The number of amides is 4. The smallest absolute Gasteiger partial charge is 0.407 e. The Labute approximate surface area is 343 Å². The number of carbonyl (C=O) groups is 4. The van der Waals surface area contributed by atoms with Gasteiger partial charge in [0.15, 0.2) is 0 Å². The highest BCUT2D eigenvalue weighted by atomic mass is 16.5. The van der Waals surface area contributed by atoms with Crippen molar-refractivity contribution in [2.45, 2.75) is 76.5 Å². The zero-order valence-electron chi connectivity index (χ0n) is 33.8. The molecule has 0 radical (unpaired) electrons. The summed E-state index contributed by atoms with van der Waals surface area (Å²) in [6, 6.07) is 22.1. The van der Waals surface area contributed by atoms with Gasteiger partial charge in [-0.25, -0.2) is 19.6 Å². The van der Waals surface area contributed by atoms with Crippen LogP contribution in [0.1, 0.15) is 86.1 Å². The van der Waals surface area contributed by atoms with Crippen molar-refractivity contribution in [2.24, 2.45) is 5.92 Å². The lowest BCUT2D eigenvalue weighted by molar-refractivity contribution is -0.135. The average molecular weight is 799 g/mol. The van der Waals surface area contributed by atoms with Gasteiger partial charge in [0.05, 0.1) is 43.9 Å². The molecule has 2 aliphatic heterocycles. The molecule has 2 saturated heterocycles. The minimum absolute atomic E-state index is 0.103. The molecule has 0 saturated carbocycles. The summed E-state index contributed by atoms with van der Waals surface area (Å²) >= 11 is 0. The number of ether oxygens (including phenoxy) is 2. The highest BCUT2D eigenvalue weighted by molar-refractivity contribution is 5.88. The molecule has 1 unspecified atom stereocenters. The largest absolute Gasteiger partial charge is 0.453 e.